The number of sulfonamides is 1. The summed E-state index contributed by atoms with van der Waals surface area (Å²) in [7, 11) is -3.57. The van der Waals surface area contributed by atoms with Crippen LogP contribution in [0.3, 0.4) is 0 Å². The number of benzene rings is 1. The van der Waals surface area contributed by atoms with Gasteiger partial charge in [-0.1, -0.05) is 17.7 Å². The molecule has 0 aliphatic carbocycles. The summed E-state index contributed by atoms with van der Waals surface area (Å²) < 4.78 is 41.3. The van der Waals surface area contributed by atoms with E-state index in [1.807, 2.05) is 5.38 Å². The van der Waals surface area contributed by atoms with Crippen molar-refractivity contribution >= 4 is 54.0 Å². The second kappa shape index (κ2) is 8.88. The maximum absolute atomic E-state index is 13.6. The topological polar surface area (TPSA) is 66.4 Å². The van der Waals surface area contributed by atoms with Crippen LogP contribution in [0.5, 0.6) is 0 Å². The zero-order chi connectivity index (χ0) is 21.3. The first kappa shape index (κ1) is 21.6. The Hall–Kier alpha value is -1.59. The van der Waals surface area contributed by atoms with Gasteiger partial charge in [-0.05, 0) is 45.8 Å². The fraction of sp³-hybridized carbons (Fsp3) is 0.263. The lowest BCUT2D eigenvalue weighted by atomic mass is 10.1. The van der Waals surface area contributed by atoms with Crippen LogP contribution in [0.4, 0.5) is 9.52 Å². The maximum Gasteiger partial charge on any atom is 0.244 e. The van der Waals surface area contributed by atoms with Gasteiger partial charge in [-0.15, -0.1) is 11.3 Å². The lowest BCUT2D eigenvalue weighted by Gasteiger charge is -2.33. The van der Waals surface area contributed by atoms with Gasteiger partial charge in [-0.3, -0.25) is 0 Å². The van der Waals surface area contributed by atoms with Crippen molar-refractivity contribution in [3.8, 4) is 0 Å². The molecule has 2 aromatic heterocycles. The van der Waals surface area contributed by atoms with Gasteiger partial charge in [0.25, 0.3) is 0 Å². The molecule has 1 aromatic carbocycles. The fourth-order valence-corrected chi connectivity index (χ4v) is 5.76. The Morgan fingerprint density at radius 1 is 1.17 bits per heavy atom. The Balaban J connectivity index is 1.40. The average molecular weight is 532 g/mol. The van der Waals surface area contributed by atoms with Crippen molar-refractivity contribution in [3.63, 3.8) is 0 Å². The van der Waals surface area contributed by atoms with Gasteiger partial charge in [-0.2, -0.15) is 4.31 Å². The largest absolute Gasteiger partial charge is 0.345 e. The van der Waals surface area contributed by atoms with Gasteiger partial charge in [0, 0.05) is 44.2 Å². The van der Waals surface area contributed by atoms with E-state index in [1.165, 1.54) is 27.9 Å². The van der Waals surface area contributed by atoms with Crippen LogP contribution in [0.1, 0.15) is 11.3 Å². The predicted molar refractivity (Wildman–Crippen MR) is 119 cm³/mol. The minimum Gasteiger partial charge on any atom is -0.345 e. The molecule has 0 unspecified atom stereocenters. The molecule has 3 aromatic rings. The highest BCUT2D eigenvalue weighted by Crippen LogP contribution is 2.26. The average Bonchev–Trinajstić information content (AvgIpc) is 3.20. The Bertz CT molecular complexity index is 1150. The number of aromatic nitrogens is 2. The molecule has 11 heteroatoms. The summed E-state index contributed by atoms with van der Waals surface area (Å²) in [4.78, 5) is 10.9. The number of pyridine rings is 1. The normalized spacial score (nSPS) is 15.5. The minimum atomic E-state index is -3.57. The van der Waals surface area contributed by atoms with Crippen LogP contribution in [0.2, 0.25) is 5.02 Å². The molecule has 0 N–H and O–H groups in total. The molecule has 1 aliphatic rings. The lowest BCUT2D eigenvalue weighted by molar-refractivity contribution is 0.384. The molecule has 0 bridgehead atoms. The van der Waals surface area contributed by atoms with Crippen LogP contribution in [0.25, 0.3) is 0 Å². The van der Waals surface area contributed by atoms with E-state index in [4.69, 9.17) is 11.6 Å². The molecule has 0 spiro atoms. The van der Waals surface area contributed by atoms with Crippen LogP contribution < -0.4 is 4.90 Å². The highest BCUT2D eigenvalue weighted by atomic mass is 79.9. The van der Waals surface area contributed by atoms with Crippen molar-refractivity contribution in [1.82, 2.24) is 14.3 Å². The lowest BCUT2D eigenvalue weighted by Crippen LogP contribution is -2.48. The van der Waals surface area contributed by atoms with Gasteiger partial charge in [0.2, 0.25) is 10.0 Å². The number of hydrogen-bond acceptors (Lipinski definition) is 6. The summed E-state index contributed by atoms with van der Waals surface area (Å²) in [6.45, 7) is 1.84. The third kappa shape index (κ3) is 4.67. The van der Waals surface area contributed by atoms with Crippen molar-refractivity contribution in [3.05, 3.63) is 68.6 Å². The van der Waals surface area contributed by atoms with Crippen LogP contribution >= 0.6 is 38.9 Å². The number of halogens is 3. The predicted octanol–water partition coefficient (Wildman–Crippen LogP) is 4.19. The molecule has 0 saturated carbocycles. The highest BCUT2D eigenvalue weighted by molar-refractivity contribution is 9.10. The summed E-state index contributed by atoms with van der Waals surface area (Å²) in [5.74, 6) is -0.442. The summed E-state index contributed by atoms with van der Waals surface area (Å²) in [6.07, 6.45) is 1.87. The third-order valence-electron chi connectivity index (χ3n) is 4.76. The second-order valence-electron chi connectivity index (χ2n) is 6.75. The van der Waals surface area contributed by atoms with Crippen molar-refractivity contribution < 1.29 is 12.8 Å². The van der Waals surface area contributed by atoms with Crippen LogP contribution in [0, 0.1) is 5.82 Å². The number of anilines is 1. The summed E-state index contributed by atoms with van der Waals surface area (Å²) in [6, 6.07) is 7.91. The maximum atomic E-state index is 13.6. The first-order chi connectivity index (χ1) is 14.3. The van der Waals surface area contributed by atoms with E-state index in [0.717, 1.165) is 16.4 Å². The zero-order valence-electron chi connectivity index (χ0n) is 15.6. The molecular weight excluding hydrogens is 515 g/mol. The van der Waals surface area contributed by atoms with Crippen molar-refractivity contribution in [2.75, 3.05) is 31.1 Å². The number of rotatable bonds is 5. The van der Waals surface area contributed by atoms with Crippen molar-refractivity contribution in [2.24, 2.45) is 0 Å². The van der Waals surface area contributed by atoms with Gasteiger partial charge < -0.3 is 4.90 Å². The molecule has 4 rings (SSSR count). The van der Waals surface area contributed by atoms with Gasteiger partial charge >= 0.3 is 0 Å². The minimum absolute atomic E-state index is 0.101. The van der Waals surface area contributed by atoms with E-state index >= 15 is 0 Å². The van der Waals surface area contributed by atoms with E-state index in [2.05, 4.69) is 30.8 Å². The smallest absolute Gasteiger partial charge is 0.244 e. The third-order valence-corrected chi connectivity index (χ3v) is 8.36. The van der Waals surface area contributed by atoms with Gasteiger partial charge in [0.05, 0.1) is 10.7 Å². The standard InChI is InChI=1S/C19H17BrClFN4O2S2/c20-18-4-2-15(11-23-18)30(27,28)26-7-5-25(6-8-26)19-24-14(12-29-19)9-13-1-3-16(21)17(22)10-13/h1-4,10-12H,5-9H2. The quantitative estimate of drug-likeness (QED) is 0.462. The number of thiazole rings is 1. The monoisotopic (exact) mass is 530 g/mol. The van der Waals surface area contributed by atoms with Crippen LogP contribution in [-0.2, 0) is 16.4 Å². The summed E-state index contributed by atoms with van der Waals surface area (Å²) >= 11 is 10.4. The zero-order valence-corrected chi connectivity index (χ0v) is 19.6. The molecule has 0 amide bonds. The molecule has 1 saturated heterocycles. The molecule has 0 radical (unpaired) electrons. The van der Waals surface area contributed by atoms with Crippen LogP contribution in [0.15, 0.2) is 51.4 Å². The summed E-state index contributed by atoms with van der Waals surface area (Å²) in [5.41, 5.74) is 1.64. The Kier molecular flexibility index (Phi) is 6.40. The Labute approximate surface area is 191 Å². The molecule has 6 nitrogen and oxygen atoms in total. The number of piperazine rings is 1. The van der Waals surface area contributed by atoms with E-state index in [0.29, 0.717) is 37.2 Å². The molecule has 158 valence electrons. The Morgan fingerprint density at radius 3 is 2.60 bits per heavy atom. The second-order valence-corrected chi connectivity index (χ2v) is 10.7. The van der Waals surface area contributed by atoms with E-state index in [1.54, 1.807) is 24.3 Å². The van der Waals surface area contributed by atoms with Gasteiger partial charge in [0.15, 0.2) is 5.13 Å². The molecular formula is C19H17BrClFN4O2S2. The number of nitrogens with zero attached hydrogens (tertiary/aromatic N) is 4. The Morgan fingerprint density at radius 2 is 1.93 bits per heavy atom. The van der Waals surface area contributed by atoms with Crippen LogP contribution in [-0.4, -0.2) is 48.9 Å². The SMILES string of the molecule is O=S(=O)(c1ccc(Br)nc1)N1CCN(c2nc(Cc3ccc(Cl)c(F)c3)cs2)CC1. The molecule has 1 fully saturated rings. The fourth-order valence-electron chi connectivity index (χ4n) is 3.17. The summed E-state index contributed by atoms with van der Waals surface area (Å²) in [5, 5.41) is 2.88. The molecule has 1 aliphatic heterocycles. The first-order valence-electron chi connectivity index (χ1n) is 9.08. The molecule has 0 atom stereocenters. The molecule has 3 heterocycles. The van der Waals surface area contributed by atoms with Crippen molar-refractivity contribution in [1.29, 1.82) is 0 Å². The number of hydrogen-bond donors (Lipinski definition) is 0. The van der Waals surface area contributed by atoms with E-state index in [-0.39, 0.29) is 9.92 Å². The first-order valence-corrected chi connectivity index (χ1v) is 12.6. The van der Waals surface area contributed by atoms with E-state index in [9.17, 15) is 12.8 Å². The van der Waals surface area contributed by atoms with E-state index < -0.39 is 15.8 Å². The highest BCUT2D eigenvalue weighted by Gasteiger charge is 2.29. The van der Waals surface area contributed by atoms with Crippen molar-refractivity contribution in [2.45, 2.75) is 11.3 Å². The molecule has 30 heavy (non-hydrogen) atoms. The van der Waals surface area contributed by atoms with Gasteiger partial charge in [-0.25, -0.2) is 22.8 Å². The van der Waals surface area contributed by atoms with Gasteiger partial charge in [0.1, 0.15) is 15.3 Å².